The number of hydrogen-bond acceptors (Lipinski definition) is 3. The Bertz CT molecular complexity index is 534. The summed E-state index contributed by atoms with van der Waals surface area (Å²) in [6.45, 7) is 0. The van der Waals surface area contributed by atoms with Gasteiger partial charge in [-0.2, -0.15) is 18.4 Å². The van der Waals surface area contributed by atoms with Gasteiger partial charge in [0.1, 0.15) is 5.56 Å². The van der Waals surface area contributed by atoms with Crippen LogP contribution in [0.5, 0.6) is 5.88 Å². The molecule has 1 rings (SSSR count). The van der Waals surface area contributed by atoms with Crippen LogP contribution in [0.4, 0.5) is 26.3 Å². The maximum Gasteiger partial charge on any atom is 0.574 e. The van der Waals surface area contributed by atoms with Crippen LogP contribution < -0.4 is 4.74 Å². The number of nitrogens with zero attached hydrogens (tertiary/aromatic N) is 2. The Balaban J connectivity index is 3.54. The zero-order valence-electron chi connectivity index (χ0n) is 9.44. The molecule has 0 unspecified atom stereocenters. The van der Waals surface area contributed by atoms with E-state index in [4.69, 9.17) is 5.26 Å². The Morgan fingerprint density at radius 3 is 2.25 bits per heavy atom. The van der Waals surface area contributed by atoms with Gasteiger partial charge in [-0.15, -0.1) is 13.2 Å². The van der Waals surface area contributed by atoms with E-state index in [0.29, 0.717) is 0 Å². The first kappa shape index (κ1) is 16.6. The smallest absolute Gasteiger partial charge is 0.387 e. The summed E-state index contributed by atoms with van der Waals surface area (Å²) < 4.78 is 78.3. The minimum atomic E-state index is -5.31. The van der Waals surface area contributed by atoms with Gasteiger partial charge < -0.3 is 4.74 Å². The molecule has 3 nitrogen and oxygen atoms in total. The van der Waals surface area contributed by atoms with Crippen molar-refractivity contribution in [2.75, 3.05) is 0 Å². The van der Waals surface area contributed by atoms with Crippen molar-refractivity contribution in [3.05, 3.63) is 22.9 Å². The highest BCUT2D eigenvalue weighted by atomic mass is 79.9. The van der Waals surface area contributed by atoms with Crippen LogP contribution in [0.15, 0.2) is 6.20 Å². The van der Waals surface area contributed by atoms with E-state index in [1.54, 1.807) is 0 Å². The molecule has 1 heterocycles. The lowest BCUT2D eigenvalue weighted by Crippen LogP contribution is -2.22. The normalized spacial score (nSPS) is 12.1. The summed E-state index contributed by atoms with van der Waals surface area (Å²) in [5.74, 6) is -1.61. The third-order valence-electron chi connectivity index (χ3n) is 2.14. The molecule has 20 heavy (non-hydrogen) atoms. The van der Waals surface area contributed by atoms with E-state index in [0.717, 1.165) is 6.20 Å². The van der Waals surface area contributed by atoms with Gasteiger partial charge in [-0.05, 0) is 11.1 Å². The Morgan fingerprint density at radius 2 is 1.85 bits per heavy atom. The van der Waals surface area contributed by atoms with Gasteiger partial charge in [0.05, 0.1) is 12.5 Å². The van der Waals surface area contributed by atoms with Gasteiger partial charge in [-0.3, -0.25) is 0 Å². The molecule has 1 aromatic rings. The van der Waals surface area contributed by atoms with Crippen molar-refractivity contribution in [2.45, 2.75) is 24.3 Å². The van der Waals surface area contributed by atoms with Crippen LogP contribution in [-0.2, 0) is 17.9 Å². The van der Waals surface area contributed by atoms with Crippen molar-refractivity contribution in [1.82, 2.24) is 4.98 Å². The minimum absolute atomic E-state index is 0.0339. The summed E-state index contributed by atoms with van der Waals surface area (Å²) in [4.78, 5) is 3.04. The molecule has 0 bridgehead atoms. The number of hydrogen-bond donors (Lipinski definition) is 0. The molecule has 10 heteroatoms. The van der Waals surface area contributed by atoms with Crippen molar-refractivity contribution in [3.63, 3.8) is 0 Å². The van der Waals surface area contributed by atoms with E-state index in [1.165, 1.54) is 6.07 Å². The molecule has 0 spiro atoms. The highest BCUT2D eigenvalue weighted by Crippen LogP contribution is 2.41. The number of pyridine rings is 1. The molecular formula is C10H5BrF6N2O. The Labute approximate surface area is 117 Å². The lowest BCUT2D eigenvalue weighted by atomic mass is 10.0. The van der Waals surface area contributed by atoms with Crippen molar-refractivity contribution in [2.24, 2.45) is 0 Å². The molecule has 0 saturated carbocycles. The summed E-state index contributed by atoms with van der Waals surface area (Å²) in [7, 11) is 0. The maximum absolute atomic E-state index is 12.9. The molecule has 0 aromatic carbocycles. The second-order valence-corrected chi connectivity index (χ2v) is 4.02. The molecule has 0 radical (unpaired) electrons. The van der Waals surface area contributed by atoms with Crippen LogP contribution in [0, 0.1) is 11.3 Å². The molecule has 0 aliphatic rings. The van der Waals surface area contributed by atoms with Crippen molar-refractivity contribution < 1.29 is 31.1 Å². The number of rotatable bonds is 3. The zero-order chi connectivity index (χ0) is 15.6. The largest absolute Gasteiger partial charge is 0.574 e. The second-order valence-electron chi connectivity index (χ2n) is 3.46. The monoisotopic (exact) mass is 362 g/mol. The van der Waals surface area contributed by atoms with Crippen molar-refractivity contribution >= 4 is 15.9 Å². The molecule has 0 fully saturated rings. The molecular weight excluding hydrogens is 358 g/mol. The highest BCUT2D eigenvalue weighted by molar-refractivity contribution is 9.08. The number of halogens is 7. The average molecular weight is 363 g/mol. The lowest BCUT2D eigenvalue weighted by Gasteiger charge is -2.18. The van der Waals surface area contributed by atoms with Crippen molar-refractivity contribution in [3.8, 4) is 11.9 Å². The third-order valence-corrected chi connectivity index (χ3v) is 2.74. The van der Waals surface area contributed by atoms with Crippen molar-refractivity contribution in [1.29, 1.82) is 5.26 Å². The van der Waals surface area contributed by atoms with Gasteiger partial charge in [0, 0.05) is 11.5 Å². The number of ether oxygens (including phenoxy) is 1. The van der Waals surface area contributed by atoms with E-state index in [9.17, 15) is 26.3 Å². The molecule has 0 aliphatic carbocycles. The van der Waals surface area contributed by atoms with Crippen LogP contribution >= 0.6 is 15.9 Å². The first-order chi connectivity index (χ1) is 9.10. The van der Waals surface area contributed by atoms with Crippen LogP contribution in [-0.4, -0.2) is 11.3 Å². The Hall–Kier alpha value is -1.50. The fourth-order valence-corrected chi connectivity index (χ4v) is 1.93. The summed E-state index contributed by atoms with van der Waals surface area (Å²) in [5, 5.41) is 8.45. The predicted octanol–water partition coefficient (Wildman–Crippen LogP) is 3.96. The van der Waals surface area contributed by atoms with Gasteiger partial charge in [-0.25, -0.2) is 4.98 Å². The highest BCUT2D eigenvalue weighted by Gasteiger charge is 2.42. The standard InChI is InChI=1S/C10H5BrF6N2O/c11-3-5-4-19-8(20-10(15,16)17)7(9(12,13)14)6(5)1-2-18/h4H,1,3H2. The minimum Gasteiger partial charge on any atom is -0.387 e. The summed E-state index contributed by atoms with van der Waals surface area (Å²) >= 11 is 2.89. The fourth-order valence-electron chi connectivity index (χ4n) is 1.44. The summed E-state index contributed by atoms with van der Waals surface area (Å²) in [5.41, 5.74) is -2.31. The molecule has 0 aliphatic heterocycles. The van der Waals surface area contributed by atoms with Gasteiger partial charge in [0.2, 0.25) is 5.88 Å². The molecule has 0 saturated heterocycles. The number of aromatic nitrogens is 1. The third kappa shape index (κ3) is 4.00. The van der Waals surface area contributed by atoms with E-state index >= 15 is 0 Å². The first-order valence-electron chi connectivity index (χ1n) is 4.86. The lowest BCUT2D eigenvalue weighted by molar-refractivity contribution is -0.277. The number of nitriles is 1. The van der Waals surface area contributed by atoms with E-state index in [1.807, 2.05) is 0 Å². The Kier molecular flexibility index (Phi) is 4.86. The van der Waals surface area contributed by atoms with Gasteiger partial charge in [0.25, 0.3) is 0 Å². The number of alkyl halides is 7. The Morgan fingerprint density at radius 1 is 1.25 bits per heavy atom. The van der Waals surface area contributed by atoms with Crippen LogP contribution in [0.2, 0.25) is 0 Å². The molecule has 0 amide bonds. The average Bonchev–Trinajstić information content (AvgIpc) is 2.25. The quantitative estimate of drug-likeness (QED) is 0.603. The molecule has 0 atom stereocenters. The molecule has 1 aromatic heterocycles. The predicted molar refractivity (Wildman–Crippen MR) is 57.9 cm³/mol. The second kappa shape index (κ2) is 5.87. The van der Waals surface area contributed by atoms with Gasteiger partial charge >= 0.3 is 12.5 Å². The van der Waals surface area contributed by atoms with E-state index in [2.05, 4.69) is 25.7 Å². The van der Waals surface area contributed by atoms with Gasteiger partial charge in [-0.1, -0.05) is 15.9 Å². The van der Waals surface area contributed by atoms with E-state index in [-0.39, 0.29) is 10.9 Å². The topological polar surface area (TPSA) is 45.9 Å². The summed E-state index contributed by atoms with van der Waals surface area (Å²) in [6, 6.07) is 1.48. The molecule has 0 N–H and O–H groups in total. The van der Waals surface area contributed by atoms with Crippen LogP contribution in [0.3, 0.4) is 0 Å². The SMILES string of the molecule is N#CCc1c(CBr)cnc(OC(F)(F)F)c1C(F)(F)F. The zero-order valence-corrected chi connectivity index (χ0v) is 11.0. The van der Waals surface area contributed by atoms with Crippen LogP contribution in [0.25, 0.3) is 0 Å². The maximum atomic E-state index is 12.9. The van der Waals surface area contributed by atoms with E-state index < -0.39 is 36.0 Å². The first-order valence-corrected chi connectivity index (χ1v) is 5.99. The fraction of sp³-hybridized carbons (Fsp3) is 0.400. The summed E-state index contributed by atoms with van der Waals surface area (Å²) in [6.07, 6.45) is -10.4. The van der Waals surface area contributed by atoms with Crippen LogP contribution in [0.1, 0.15) is 16.7 Å². The van der Waals surface area contributed by atoms with Gasteiger partial charge in [0.15, 0.2) is 0 Å². The molecule has 110 valence electrons.